The third kappa shape index (κ3) is 1.84. The van der Waals surface area contributed by atoms with Gasteiger partial charge in [0.2, 0.25) is 17.3 Å². The fourth-order valence-electron chi connectivity index (χ4n) is 1.59. The Labute approximate surface area is 110 Å². The highest BCUT2D eigenvalue weighted by molar-refractivity contribution is 5.69. The van der Waals surface area contributed by atoms with E-state index in [-0.39, 0.29) is 34.5 Å². The fraction of sp³-hybridized carbons (Fsp3) is 0. The number of nitro groups is 1. The normalized spacial score (nSPS) is 10.6. The molecule has 10 nitrogen and oxygen atoms in total. The molecule has 3 rings (SSSR count). The fourth-order valence-corrected chi connectivity index (χ4v) is 1.59. The molecule has 2 heterocycles. The highest BCUT2D eigenvalue weighted by Gasteiger charge is 2.22. The minimum atomic E-state index is -0.530. The monoisotopic (exact) mass is 274 g/mol. The van der Waals surface area contributed by atoms with E-state index in [1.807, 2.05) is 0 Å². The van der Waals surface area contributed by atoms with Crippen LogP contribution in [0.3, 0.4) is 0 Å². The predicted molar refractivity (Wildman–Crippen MR) is 64.1 cm³/mol. The number of nitrogen functional groups attached to an aromatic ring is 1. The maximum atomic E-state index is 10.9. The third-order valence-corrected chi connectivity index (χ3v) is 2.48. The lowest BCUT2D eigenvalue weighted by Gasteiger charge is -1.95. The van der Waals surface area contributed by atoms with E-state index in [1.54, 1.807) is 12.1 Å². The number of nitro benzene ring substituents is 1. The van der Waals surface area contributed by atoms with E-state index in [0.29, 0.717) is 0 Å². The smallest absolute Gasteiger partial charge is 0.284 e. The van der Waals surface area contributed by atoms with Crippen LogP contribution in [0.2, 0.25) is 0 Å². The largest absolute Gasteiger partial charge is 0.379 e. The van der Waals surface area contributed by atoms with Crippen molar-refractivity contribution in [3.05, 3.63) is 34.4 Å². The zero-order valence-corrected chi connectivity index (χ0v) is 9.76. The summed E-state index contributed by atoms with van der Waals surface area (Å²) in [5.74, 6) is 0.00867. The van der Waals surface area contributed by atoms with Crippen molar-refractivity contribution in [3.8, 4) is 23.0 Å². The first kappa shape index (κ1) is 11.8. The van der Waals surface area contributed by atoms with Crippen LogP contribution in [-0.2, 0) is 0 Å². The van der Waals surface area contributed by atoms with Gasteiger partial charge in [-0.15, -0.1) is 0 Å². The van der Waals surface area contributed by atoms with Crippen molar-refractivity contribution >= 4 is 11.5 Å². The maximum absolute atomic E-state index is 10.9. The van der Waals surface area contributed by atoms with E-state index in [9.17, 15) is 10.1 Å². The summed E-state index contributed by atoms with van der Waals surface area (Å²) in [6.45, 7) is 0. The average Bonchev–Trinajstić information content (AvgIpc) is 3.07. The van der Waals surface area contributed by atoms with Crippen LogP contribution in [0.4, 0.5) is 11.5 Å². The van der Waals surface area contributed by atoms with Crippen LogP contribution in [-0.4, -0.2) is 25.4 Å². The maximum Gasteiger partial charge on any atom is 0.284 e. The van der Waals surface area contributed by atoms with Crippen molar-refractivity contribution in [2.45, 2.75) is 0 Å². The van der Waals surface area contributed by atoms with Crippen LogP contribution in [0.5, 0.6) is 0 Å². The van der Waals surface area contributed by atoms with E-state index in [4.69, 9.17) is 10.3 Å². The summed E-state index contributed by atoms with van der Waals surface area (Å²) in [6.07, 6.45) is 0. The molecule has 0 fully saturated rings. The van der Waals surface area contributed by atoms with Crippen molar-refractivity contribution in [1.82, 2.24) is 20.5 Å². The summed E-state index contributed by atoms with van der Waals surface area (Å²) in [6, 6.07) is 6.03. The van der Waals surface area contributed by atoms with E-state index in [1.165, 1.54) is 12.1 Å². The number of anilines is 1. The molecule has 2 aromatic heterocycles. The number of hydrogen-bond donors (Lipinski definition) is 1. The molecule has 0 bridgehead atoms. The molecular weight excluding hydrogens is 268 g/mol. The van der Waals surface area contributed by atoms with Crippen LogP contribution in [0.1, 0.15) is 0 Å². The first-order valence-corrected chi connectivity index (χ1v) is 5.32. The number of nitrogens with two attached hydrogens (primary N) is 1. The Morgan fingerprint density at radius 1 is 1.20 bits per heavy atom. The van der Waals surface area contributed by atoms with Gasteiger partial charge in [0.15, 0.2) is 0 Å². The molecule has 2 N–H and O–H groups in total. The SMILES string of the molecule is Nc1nonc1-c1nc(-c2ccccc2[N+](=O)[O-])no1. The number of aromatic nitrogens is 4. The molecule has 0 saturated carbocycles. The zero-order chi connectivity index (χ0) is 14.1. The average molecular weight is 274 g/mol. The van der Waals surface area contributed by atoms with Gasteiger partial charge in [-0.05, 0) is 16.4 Å². The molecule has 0 saturated heterocycles. The van der Waals surface area contributed by atoms with Crippen molar-refractivity contribution < 1.29 is 14.1 Å². The number of benzene rings is 1. The van der Waals surface area contributed by atoms with Crippen LogP contribution >= 0.6 is 0 Å². The van der Waals surface area contributed by atoms with Crippen molar-refractivity contribution in [3.63, 3.8) is 0 Å². The Hall–Kier alpha value is -3.30. The lowest BCUT2D eigenvalue weighted by Crippen LogP contribution is -1.93. The van der Waals surface area contributed by atoms with Gasteiger partial charge in [0.05, 0.1) is 4.92 Å². The Bertz CT molecular complexity index is 779. The van der Waals surface area contributed by atoms with Crippen molar-refractivity contribution in [2.75, 3.05) is 5.73 Å². The lowest BCUT2D eigenvalue weighted by atomic mass is 10.2. The number of para-hydroxylation sites is 1. The zero-order valence-electron chi connectivity index (χ0n) is 9.76. The highest BCUT2D eigenvalue weighted by atomic mass is 16.6. The van der Waals surface area contributed by atoms with Gasteiger partial charge < -0.3 is 10.3 Å². The Balaban J connectivity index is 2.07. The molecular formula is C10H6N6O4. The molecule has 10 heteroatoms. The number of hydrogen-bond acceptors (Lipinski definition) is 9. The van der Waals surface area contributed by atoms with Gasteiger partial charge in [-0.25, -0.2) is 4.63 Å². The second-order valence-corrected chi connectivity index (χ2v) is 3.70. The summed E-state index contributed by atoms with van der Waals surface area (Å²) in [5.41, 5.74) is 5.67. The summed E-state index contributed by atoms with van der Waals surface area (Å²) in [7, 11) is 0. The van der Waals surface area contributed by atoms with E-state index in [2.05, 4.69) is 25.1 Å². The van der Waals surface area contributed by atoms with Crippen LogP contribution in [0.25, 0.3) is 23.0 Å². The minimum Gasteiger partial charge on any atom is -0.379 e. The quantitative estimate of drug-likeness (QED) is 0.550. The Kier molecular flexibility index (Phi) is 2.60. The summed E-state index contributed by atoms with van der Waals surface area (Å²) in [4.78, 5) is 14.4. The van der Waals surface area contributed by atoms with Gasteiger partial charge in [-0.3, -0.25) is 10.1 Å². The Morgan fingerprint density at radius 2 is 2.00 bits per heavy atom. The van der Waals surface area contributed by atoms with E-state index in [0.717, 1.165) is 0 Å². The highest BCUT2D eigenvalue weighted by Crippen LogP contribution is 2.29. The predicted octanol–water partition coefficient (Wildman–Crippen LogP) is 1.28. The molecule has 0 spiro atoms. The van der Waals surface area contributed by atoms with E-state index < -0.39 is 4.92 Å². The standard InChI is InChI=1S/C10H6N6O4/c11-8-7(13-20-14-8)10-12-9(15-19-10)5-3-1-2-4-6(5)16(17)18/h1-4H,(H2,11,14). The molecule has 0 aliphatic rings. The van der Waals surface area contributed by atoms with Gasteiger partial charge in [0.25, 0.3) is 11.6 Å². The van der Waals surface area contributed by atoms with Crippen molar-refractivity contribution in [1.29, 1.82) is 0 Å². The second-order valence-electron chi connectivity index (χ2n) is 3.70. The summed E-state index contributed by atoms with van der Waals surface area (Å²) >= 11 is 0. The number of rotatable bonds is 3. The van der Waals surface area contributed by atoms with Gasteiger partial charge in [0, 0.05) is 6.07 Å². The molecule has 0 amide bonds. The van der Waals surface area contributed by atoms with Crippen LogP contribution in [0.15, 0.2) is 33.4 Å². The molecule has 3 aromatic rings. The molecule has 1 aromatic carbocycles. The first-order valence-electron chi connectivity index (χ1n) is 5.32. The van der Waals surface area contributed by atoms with Gasteiger partial charge in [-0.1, -0.05) is 17.3 Å². The van der Waals surface area contributed by atoms with E-state index >= 15 is 0 Å². The summed E-state index contributed by atoms with van der Waals surface area (Å²) in [5, 5.41) is 21.5. The molecule has 100 valence electrons. The van der Waals surface area contributed by atoms with Gasteiger partial charge in [-0.2, -0.15) is 4.98 Å². The minimum absolute atomic E-state index is 0.0113. The summed E-state index contributed by atoms with van der Waals surface area (Å²) < 4.78 is 9.37. The second kappa shape index (κ2) is 4.42. The molecule has 0 atom stereocenters. The first-order chi connectivity index (χ1) is 9.66. The van der Waals surface area contributed by atoms with Crippen LogP contribution in [0, 0.1) is 10.1 Å². The van der Waals surface area contributed by atoms with Crippen molar-refractivity contribution in [2.24, 2.45) is 0 Å². The molecule has 0 radical (unpaired) electrons. The third-order valence-electron chi connectivity index (χ3n) is 2.48. The van der Waals surface area contributed by atoms with Gasteiger partial charge >= 0.3 is 0 Å². The van der Waals surface area contributed by atoms with Crippen LogP contribution < -0.4 is 5.73 Å². The topological polar surface area (TPSA) is 147 Å². The van der Waals surface area contributed by atoms with Gasteiger partial charge in [0.1, 0.15) is 5.56 Å². The molecule has 0 aliphatic carbocycles. The lowest BCUT2D eigenvalue weighted by molar-refractivity contribution is -0.384. The molecule has 0 unspecified atom stereocenters. The number of nitrogens with zero attached hydrogens (tertiary/aromatic N) is 5. The molecule has 20 heavy (non-hydrogen) atoms. The molecule has 0 aliphatic heterocycles. The Morgan fingerprint density at radius 3 is 2.70 bits per heavy atom.